The second-order valence-electron chi connectivity index (χ2n) is 4.90. The van der Waals surface area contributed by atoms with Crippen LogP contribution in [-0.4, -0.2) is 11.7 Å². The molecule has 0 aliphatic rings. The van der Waals surface area contributed by atoms with Crippen LogP contribution < -0.4 is 0 Å². The van der Waals surface area contributed by atoms with E-state index in [1.54, 1.807) is 0 Å². The molecule has 1 heteroatoms. The highest BCUT2D eigenvalue weighted by molar-refractivity contribution is 4.52. The van der Waals surface area contributed by atoms with Crippen molar-refractivity contribution < 1.29 is 5.11 Å². The van der Waals surface area contributed by atoms with E-state index in [-0.39, 0.29) is 0 Å². The van der Waals surface area contributed by atoms with Crippen LogP contribution in [0.1, 0.15) is 91.9 Å². The van der Waals surface area contributed by atoms with Crippen LogP contribution in [0, 0.1) is 5.92 Å². The molecule has 1 nitrogen and oxygen atoms in total. The lowest BCUT2D eigenvalue weighted by Crippen LogP contribution is -1.99. The van der Waals surface area contributed by atoms with E-state index in [9.17, 15) is 0 Å². The van der Waals surface area contributed by atoms with E-state index in [2.05, 4.69) is 13.8 Å². The Morgan fingerprint density at radius 2 is 1.18 bits per heavy atom. The minimum absolute atomic E-state index is 0.358. The molecule has 0 aliphatic heterocycles. The molecule has 0 radical (unpaired) electrons. The minimum Gasteiger partial charge on any atom is -0.396 e. The van der Waals surface area contributed by atoms with Crippen LogP contribution in [0.4, 0.5) is 0 Å². The van der Waals surface area contributed by atoms with Crippen molar-refractivity contribution in [1.29, 1.82) is 0 Å². The highest BCUT2D eigenvalue weighted by atomic mass is 16.3. The first-order chi connectivity index (χ1) is 8.31. The SMILES string of the molecule is CC.CCCCCCCCCCCC(C)CO. The van der Waals surface area contributed by atoms with Gasteiger partial charge in [-0.1, -0.05) is 85.5 Å². The lowest BCUT2D eigenvalue weighted by molar-refractivity contribution is 0.227. The molecule has 17 heavy (non-hydrogen) atoms. The standard InChI is InChI=1S/C14H30O.C2H6/c1-3-4-5-6-7-8-9-10-11-12-14(2)13-15;1-2/h14-15H,3-13H2,1-2H3;1-2H3. The first-order valence-corrected chi connectivity index (χ1v) is 7.92. The lowest BCUT2D eigenvalue weighted by Gasteiger charge is -2.06. The third kappa shape index (κ3) is 18.5. The van der Waals surface area contributed by atoms with Gasteiger partial charge in [0.25, 0.3) is 0 Å². The zero-order chi connectivity index (χ0) is 13.4. The summed E-state index contributed by atoms with van der Waals surface area (Å²) < 4.78 is 0. The first-order valence-electron chi connectivity index (χ1n) is 7.92. The van der Waals surface area contributed by atoms with Crippen LogP contribution in [0.2, 0.25) is 0 Å². The Kier molecular flexibility index (Phi) is 20.8. The highest BCUT2D eigenvalue weighted by Gasteiger charge is 1.98. The largest absolute Gasteiger partial charge is 0.396 e. The molecule has 0 aliphatic carbocycles. The van der Waals surface area contributed by atoms with Crippen LogP contribution in [0.15, 0.2) is 0 Å². The average Bonchev–Trinajstić information content (AvgIpc) is 2.39. The Balaban J connectivity index is 0. The van der Waals surface area contributed by atoms with Crippen molar-refractivity contribution >= 4 is 0 Å². The van der Waals surface area contributed by atoms with Gasteiger partial charge in [-0.05, 0) is 12.3 Å². The Morgan fingerprint density at radius 3 is 1.59 bits per heavy atom. The van der Waals surface area contributed by atoms with Crippen LogP contribution in [0.25, 0.3) is 0 Å². The minimum atomic E-state index is 0.358. The predicted octanol–water partition coefficient (Wildman–Crippen LogP) is 5.56. The smallest absolute Gasteiger partial charge is 0.0456 e. The van der Waals surface area contributed by atoms with E-state index in [1.165, 1.54) is 64.2 Å². The van der Waals surface area contributed by atoms with Gasteiger partial charge in [0.05, 0.1) is 0 Å². The van der Waals surface area contributed by atoms with E-state index >= 15 is 0 Å². The third-order valence-corrected chi connectivity index (χ3v) is 3.11. The number of rotatable bonds is 11. The molecule has 0 saturated carbocycles. The topological polar surface area (TPSA) is 20.2 Å². The van der Waals surface area contributed by atoms with E-state index in [0.717, 1.165) is 0 Å². The summed E-state index contributed by atoms with van der Waals surface area (Å²) in [6, 6.07) is 0. The average molecular weight is 244 g/mol. The van der Waals surface area contributed by atoms with Gasteiger partial charge < -0.3 is 5.11 Å². The maximum absolute atomic E-state index is 8.86. The maximum Gasteiger partial charge on any atom is 0.0456 e. The van der Waals surface area contributed by atoms with Gasteiger partial charge in [-0.3, -0.25) is 0 Å². The maximum atomic E-state index is 8.86. The number of aliphatic hydroxyl groups is 1. The molecular formula is C16H36O. The Bertz CT molecular complexity index is 112. The van der Waals surface area contributed by atoms with Crippen molar-refractivity contribution in [1.82, 2.24) is 0 Å². The van der Waals surface area contributed by atoms with Crippen molar-refractivity contribution in [3.63, 3.8) is 0 Å². The normalized spacial score (nSPS) is 11.8. The molecule has 0 aromatic carbocycles. The molecule has 1 unspecified atom stereocenters. The van der Waals surface area contributed by atoms with Gasteiger partial charge in [0.1, 0.15) is 0 Å². The van der Waals surface area contributed by atoms with E-state index in [0.29, 0.717) is 12.5 Å². The van der Waals surface area contributed by atoms with Gasteiger partial charge in [-0.15, -0.1) is 0 Å². The van der Waals surface area contributed by atoms with Crippen molar-refractivity contribution in [3.8, 4) is 0 Å². The molecule has 0 bridgehead atoms. The molecule has 0 saturated heterocycles. The molecular weight excluding hydrogens is 208 g/mol. The van der Waals surface area contributed by atoms with E-state index in [4.69, 9.17) is 5.11 Å². The molecule has 0 rings (SSSR count). The summed E-state index contributed by atoms with van der Waals surface area (Å²) in [7, 11) is 0. The molecule has 0 amide bonds. The van der Waals surface area contributed by atoms with Crippen molar-refractivity contribution in [3.05, 3.63) is 0 Å². The number of hydrogen-bond acceptors (Lipinski definition) is 1. The Hall–Kier alpha value is -0.0400. The fraction of sp³-hybridized carbons (Fsp3) is 1.00. The van der Waals surface area contributed by atoms with Crippen molar-refractivity contribution in [2.24, 2.45) is 5.92 Å². The number of unbranched alkanes of at least 4 members (excludes halogenated alkanes) is 8. The summed E-state index contributed by atoms with van der Waals surface area (Å²) in [6.07, 6.45) is 13.7. The number of aliphatic hydroxyl groups excluding tert-OH is 1. The van der Waals surface area contributed by atoms with Crippen LogP contribution >= 0.6 is 0 Å². The second-order valence-corrected chi connectivity index (χ2v) is 4.90. The van der Waals surface area contributed by atoms with Crippen molar-refractivity contribution in [2.75, 3.05) is 6.61 Å². The van der Waals surface area contributed by atoms with E-state index in [1.807, 2.05) is 13.8 Å². The summed E-state index contributed by atoms with van der Waals surface area (Å²) in [4.78, 5) is 0. The molecule has 1 N–H and O–H groups in total. The predicted molar refractivity (Wildman–Crippen MR) is 79.4 cm³/mol. The Labute approximate surface area is 110 Å². The molecule has 0 fully saturated rings. The summed E-state index contributed by atoms with van der Waals surface area (Å²) in [5.41, 5.74) is 0. The third-order valence-electron chi connectivity index (χ3n) is 3.11. The van der Waals surface area contributed by atoms with Gasteiger partial charge in [0.2, 0.25) is 0 Å². The Morgan fingerprint density at radius 1 is 0.765 bits per heavy atom. The van der Waals surface area contributed by atoms with Crippen LogP contribution in [0.5, 0.6) is 0 Å². The molecule has 0 aromatic rings. The fourth-order valence-electron chi connectivity index (χ4n) is 1.89. The summed E-state index contributed by atoms with van der Waals surface area (Å²) in [6.45, 7) is 8.75. The molecule has 1 atom stereocenters. The molecule has 0 spiro atoms. The summed E-state index contributed by atoms with van der Waals surface area (Å²) >= 11 is 0. The monoisotopic (exact) mass is 244 g/mol. The van der Waals surface area contributed by atoms with Crippen molar-refractivity contribution in [2.45, 2.75) is 91.9 Å². The van der Waals surface area contributed by atoms with Gasteiger partial charge in [0, 0.05) is 6.61 Å². The lowest BCUT2D eigenvalue weighted by atomic mass is 10.0. The zero-order valence-electron chi connectivity index (χ0n) is 12.8. The summed E-state index contributed by atoms with van der Waals surface area (Å²) in [5.74, 6) is 0.509. The van der Waals surface area contributed by atoms with Crippen LogP contribution in [0.3, 0.4) is 0 Å². The summed E-state index contributed by atoms with van der Waals surface area (Å²) in [5, 5.41) is 8.86. The number of hydrogen-bond donors (Lipinski definition) is 1. The second kappa shape index (κ2) is 18.3. The molecule has 0 aromatic heterocycles. The quantitative estimate of drug-likeness (QED) is 0.472. The molecule has 106 valence electrons. The van der Waals surface area contributed by atoms with Gasteiger partial charge in [-0.25, -0.2) is 0 Å². The van der Waals surface area contributed by atoms with Gasteiger partial charge in [-0.2, -0.15) is 0 Å². The fourth-order valence-corrected chi connectivity index (χ4v) is 1.89. The van der Waals surface area contributed by atoms with Crippen LogP contribution in [-0.2, 0) is 0 Å². The molecule has 0 heterocycles. The van der Waals surface area contributed by atoms with Gasteiger partial charge in [0.15, 0.2) is 0 Å². The highest BCUT2D eigenvalue weighted by Crippen LogP contribution is 2.12. The first kappa shape index (κ1) is 19.3. The zero-order valence-corrected chi connectivity index (χ0v) is 12.8. The van der Waals surface area contributed by atoms with E-state index < -0.39 is 0 Å². The van der Waals surface area contributed by atoms with Gasteiger partial charge >= 0.3 is 0 Å².